The number of hydrogen-bond acceptors (Lipinski definition) is 6. The predicted octanol–water partition coefficient (Wildman–Crippen LogP) is 8.66. The third-order valence-electron chi connectivity index (χ3n) is 7.89. The van der Waals surface area contributed by atoms with Crippen molar-refractivity contribution in [2.45, 2.75) is 38.1 Å². The molecule has 0 spiro atoms. The molecule has 0 fully saturated rings. The van der Waals surface area contributed by atoms with Crippen molar-refractivity contribution in [3.63, 3.8) is 0 Å². The first-order chi connectivity index (χ1) is 24.4. The lowest BCUT2D eigenvalue weighted by Gasteiger charge is -2.15. The van der Waals surface area contributed by atoms with Crippen molar-refractivity contribution < 1.29 is 22.6 Å². The summed E-state index contributed by atoms with van der Waals surface area (Å²) < 4.78 is 45.1. The van der Waals surface area contributed by atoms with E-state index in [0.717, 1.165) is 33.6 Å². The van der Waals surface area contributed by atoms with Crippen LogP contribution < -0.4 is 19.0 Å². The van der Waals surface area contributed by atoms with Gasteiger partial charge in [-0.1, -0.05) is 121 Å². The van der Waals surface area contributed by atoms with Gasteiger partial charge >= 0.3 is 0 Å². The number of hydrazone groups is 1. The zero-order valence-electron chi connectivity index (χ0n) is 27.7. The monoisotopic (exact) mass is 682 g/mol. The van der Waals surface area contributed by atoms with E-state index in [0.29, 0.717) is 49.0 Å². The van der Waals surface area contributed by atoms with Gasteiger partial charge in [0.2, 0.25) is 0 Å². The van der Waals surface area contributed by atoms with Gasteiger partial charge in [0.25, 0.3) is 10.0 Å². The summed E-state index contributed by atoms with van der Waals surface area (Å²) in [4.78, 5) is 2.60. The normalized spacial score (nSPS) is 11.5. The van der Waals surface area contributed by atoms with Gasteiger partial charge in [-0.05, 0) is 65.6 Å². The van der Waals surface area contributed by atoms with E-state index in [4.69, 9.17) is 14.2 Å². The smallest absolute Gasteiger partial charge is 0.276 e. The molecule has 252 valence electrons. The Labute approximate surface area is 293 Å². The van der Waals surface area contributed by atoms with Crippen LogP contribution in [-0.2, 0) is 36.3 Å². The Hall–Kier alpha value is -5.86. The summed E-state index contributed by atoms with van der Waals surface area (Å²) in [6, 6.07) is 49.6. The summed E-state index contributed by atoms with van der Waals surface area (Å²) in [6.45, 7) is 3.05. The van der Waals surface area contributed by atoms with Crippen molar-refractivity contribution in [1.29, 1.82) is 0 Å². The van der Waals surface area contributed by atoms with Gasteiger partial charge in [0.05, 0.1) is 10.6 Å². The molecule has 7 nitrogen and oxygen atoms in total. The van der Waals surface area contributed by atoms with Crippen molar-refractivity contribution >= 4 is 15.7 Å². The first-order valence-corrected chi connectivity index (χ1v) is 17.8. The van der Waals surface area contributed by atoms with Crippen LogP contribution in [-0.4, -0.2) is 14.1 Å². The summed E-state index contributed by atoms with van der Waals surface area (Å²) in [6.07, 6.45) is 0.315. The Morgan fingerprint density at radius 1 is 0.540 bits per heavy atom. The molecule has 0 aliphatic carbocycles. The van der Waals surface area contributed by atoms with E-state index < -0.39 is 10.0 Å². The van der Waals surface area contributed by atoms with Crippen LogP contribution in [0.3, 0.4) is 0 Å². The zero-order valence-corrected chi connectivity index (χ0v) is 28.6. The molecule has 0 saturated heterocycles. The fraction of sp³-hybridized carbons (Fsp3) is 0.119. The molecule has 0 atom stereocenters. The highest BCUT2D eigenvalue weighted by Gasteiger charge is 2.16. The molecule has 50 heavy (non-hydrogen) atoms. The maximum atomic E-state index is 13.3. The predicted molar refractivity (Wildman–Crippen MR) is 197 cm³/mol. The highest BCUT2D eigenvalue weighted by molar-refractivity contribution is 7.89. The second kappa shape index (κ2) is 16.5. The highest BCUT2D eigenvalue weighted by atomic mass is 32.2. The molecule has 0 aromatic heterocycles. The van der Waals surface area contributed by atoms with Gasteiger partial charge in [0.15, 0.2) is 0 Å². The lowest BCUT2D eigenvalue weighted by Crippen LogP contribution is -2.21. The van der Waals surface area contributed by atoms with Crippen LogP contribution in [0.15, 0.2) is 168 Å². The summed E-state index contributed by atoms with van der Waals surface area (Å²) in [5.74, 6) is 1.85. The minimum absolute atomic E-state index is 0.123. The average molecular weight is 683 g/mol. The van der Waals surface area contributed by atoms with Crippen molar-refractivity contribution in [2.75, 3.05) is 0 Å². The second-order valence-electron chi connectivity index (χ2n) is 11.8. The van der Waals surface area contributed by atoms with Crippen molar-refractivity contribution in [2.24, 2.45) is 5.10 Å². The molecule has 0 amide bonds. The second-order valence-corrected chi connectivity index (χ2v) is 13.5. The van der Waals surface area contributed by atoms with E-state index in [1.54, 1.807) is 24.3 Å². The van der Waals surface area contributed by atoms with Gasteiger partial charge < -0.3 is 14.2 Å². The number of ether oxygens (including phenoxy) is 3. The molecule has 8 heteroatoms. The SMILES string of the molecule is Cc1ccc(S(=O)(=O)NN=C(Cc2ccc(OCc3ccccc3)cc2)c2cc(OCc3ccccc3)cc(OCc3ccccc3)c2)cc1. The standard InChI is InChI=1S/C42H38N2O5S/c1-32-17-23-41(24-18-32)50(45,46)44-43-42(25-33-19-21-38(22-20-33)47-29-34-11-5-2-6-12-34)37-26-39(48-30-35-13-7-3-8-14-35)28-40(27-37)49-31-36-15-9-4-10-16-36/h2-24,26-28,44H,25,29-31H2,1H3. The first kappa shape index (κ1) is 34.0. The number of sulfonamides is 1. The van der Waals surface area contributed by atoms with Gasteiger partial charge in [-0.2, -0.15) is 18.4 Å². The number of rotatable bonds is 15. The van der Waals surface area contributed by atoms with Crippen molar-refractivity contribution in [3.05, 3.63) is 191 Å². The maximum Gasteiger partial charge on any atom is 0.276 e. The zero-order chi connectivity index (χ0) is 34.6. The number of hydrogen-bond donors (Lipinski definition) is 1. The molecular formula is C42H38N2O5S. The number of benzene rings is 6. The van der Waals surface area contributed by atoms with Gasteiger partial charge in [-0.25, -0.2) is 0 Å². The molecule has 0 heterocycles. The first-order valence-electron chi connectivity index (χ1n) is 16.3. The molecule has 0 bridgehead atoms. The molecule has 0 aliphatic heterocycles. The summed E-state index contributed by atoms with van der Waals surface area (Å²) in [5.41, 5.74) is 6.10. The lowest BCUT2D eigenvalue weighted by molar-refractivity contribution is 0.290. The average Bonchev–Trinajstić information content (AvgIpc) is 3.16. The molecule has 6 rings (SSSR count). The van der Waals surface area contributed by atoms with Crippen LogP contribution >= 0.6 is 0 Å². The van der Waals surface area contributed by atoms with Gasteiger partial charge in [-0.3, -0.25) is 0 Å². The van der Waals surface area contributed by atoms with Crippen LogP contribution in [0.2, 0.25) is 0 Å². The number of nitrogens with one attached hydrogen (secondary N) is 1. The quantitative estimate of drug-likeness (QED) is 0.0866. The number of nitrogens with zero attached hydrogens (tertiary/aromatic N) is 1. The Balaban J connectivity index is 1.31. The summed E-state index contributed by atoms with van der Waals surface area (Å²) in [5, 5.41) is 4.51. The van der Waals surface area contributed by atoms with E-state index in [2.05, 4.69) is 9.93 Å². The van der Waals surface area contributed by atoms with Crippen molar-refractivity contribution in [3.8, 4) is 17.2 Å². The minimum Gasteiger partial charge on any atom is -0.489 e. The van der Waals surface area contributed by atoms with Gasteiger partial charge in [0, 0.05) is 18.1 Å². The number of aryl methyl sites for hydroxylation is 1. The van der Waals surface area contributed by atoms with E-state index in [1.165, 1.54) is 0 Å². The van der Waals surface area contributed by atoms with E-state index >= 15 is 0 Å². The van der Waals surface area contributed by atoms with Crippen molar-refractivity contribution in [1.82, 2.24) is 4.83 Å². The topological polar surface area (TPSA) is 86.2 Å². The highest BCUT2D eigenvalue weighted by Crippen LogP contribution is 2.27. The maximum absolute atomic E-state index is 13.3. The molecular weight excluding hydrogens is 645 g/mol. The molecule has 0 saturated carbocycles. The van der Waals surface area contributed by atoms with Crippen LogP contribution in [0.4, 0.5) is 0 Å². The Morgan fingerprint density at radius 3 is 1.48 bits per heavy atom. The molecule has 0 radical (unpaired) electrons. The Bertz CT molecular complexity index is 2040. The van der Waals surface area contributed by atoms with Crippen LogP contribution in [0, 0.1) is 6.92 Å². The Kier molecular flexibility index (Phi) is 11.2. The van der Waals surface area contributed by atoms with Crippen LogP contribution in [0.1, 0.15) is 33.4 Å². The Morgan fingerprint density at radius 2 is 1.00 bits per heavy atom. The molecule has 0 aliphatic rings. The molecule has 0 unspecified atom stereocenters. The largest absolute Gasteiger partial charge is 0.489 e. The fourth-order valence-electron chi connectivity index (χ4n) is 5.12. The minimum atomic E-state index is -3.95. The van der Waals surface area contributed by atoms with Gasteiger partial charge in [0.1, 0.15) is 37.1 Å². The molecule has 1 N–H and O–H groups in total. The van der Waals surface area contributed by atoms with Crippen LogP contribution in [0.5, 0.6) is 17.2 Å². The summed E-state index contributed by atoms with van der Waals surface area (Å²) >= 11 is 0. The van der Waals surface area contributed by atoms with Crippen LogP contribution in [0.25, 0.3) is 0 Å². The van der Waals surface area contributed by atoms with E-state index in [-0.39, 0.29) is 4.90 Å². The fourth-order valence-corrected chi connectivity index (χ4v) is 5.95. The molecule has 6 aromatic rings. The van der Waals surface area contributed by atoms with E-state index in [1.807, 2.05) is 140 Å². The third kappa shape index (κ3) is 9.84. The third-order valence-corrected chi connectivity index (χ3v) is 9.11. The van der Waals surface area contributed by atoms with E-state index in [9.17, 15) is 8.42 Å². The van der Waals surface area contributed by atoms with Gasteiger partial charge in [-0.15, -0.1) is 0 Å². The lowest BCUT2D eigenvalue weighted by atomic mass is 10.0. The summed E-state index contributed by atoms with van der Waals surface area (Å²) in [7, 11) is -3.95. The molecule has 6 aromatic carbocycles.